The fourth-order valence-corrected chi connectivity index (χ4v) is 2.46. The number of nitriles is 1. The quantitative estimate of drug-likeness (QED) is 0.730. The predicted molar refractivity (Wildman–Crippen MR) is 88.4 cm³/mol. The van der Waals surface area contributed by atoms with Crippen molar-refractivity contribution in [2.45, 2.75) is 20.0 Å². The van der Waals surface area contributed by atoms with Crippen molar-refractivity contribution in [3.05, 3.63) is 64.5 Å². The van der Waals surface area contributed by atoms with Crippen LogP contribution in [0.1, 0.15) is 19.4 Å². The van der Waals surface area contributed by atoms with Crippen molar-refractivity contribution in [1.29, 1.82) is 5.26 Å². The molecule has 23 heavy (non-hydrogen) atoms. The van der Waals surface area contributed by atoms with Crippen LogP contribution in [-0.4, -0.2) is 6.10 Å². The van der Waals surface area contributed by atoms with Crippen LogP contribution >= 0.6 is 0 Å². The first-order chi connectivity index (χ1) is 11.1. The standard InChI is InChI=1S/C19H15NO3/c1-12(2)23-14-7-8-16-18(9-14)22-11-17(19(16)21)15-6-4-3-5-13(15)10-20/h3-9,11-12H,1-2H3. The zero-order valence-corrected chi connectivity index (χ0v) is 12.9. The molecule has 0 atom stereocenters. The molecule has 4 nitrogen and oxygen atoms in total. The van der Waals surface area contributed by atoms with Gasteiger partial charge < -0.3 is 9.15 Å². The van der Waals surface area contributed by atoms with Crippen LogP contribution in [0.2, 0.25) is 0 Å². The van der Waals surface area contributed by atoms with E-state index < -0.39 is 0 Å². The number of fused-ring (bicyclic) bond motifs is 1. The van der Waals surface area contributed by atoms with Crippen LogP contribution in [0.25, 0.3) is 22.1 Å². The molecule has 0 radical (unpaired) electrons. The number of ether oxygens (including phenoxy) is 1. The van der Waals surface area contributed by atoms with Gasteiger partial charge in [-0.15, -0.1) is 0 Å². The number of hydrogen-bond donors (Lipinski definition) is 0. The molecule has 3 rings (SSSR count). The minimum absolute atomic E-state index is 0.0425. The summed E-state index contributed by atoms with van der Waals surface area (Å²) in [7, 11) is 0. The third-order valence-electron chi connectivity index (χ3n) is 3.46. The van der Waals surface area contributed by atoms with E-state index in [4.69, 9.17) is 9.15 Å². The zero-order valence-electron chi connectivity index (χ0n) is 12.9. The van der Waals surface area contributed by atoms with Crippen LogP contribution in [0, 0.1) is 11.3 Å². The highest BCUT2D eigenvalue weighted by molar-refractivity contribution is 5.83. The van der Waals surface area contributed by atoms with Crippen molar-refractivity contribution in [2.24, 2.45) is 0 Å². The van der Waals surface area contributed by atoms with E-state index in [0.717, 1.165) is 0 Å². The van der Waals surface area contributed by atoms with Crippen LogP contribution in [0.5, 0.6) is 5.75 Å². The summed E-state index contributed by atoms with van der Waals surface area (Å²) >= 11 is 0. The smallest absolute Gasteiger partial charge is 0.200 e. The molecule has 0 N–H and O–H groups in total. The van der Waals surface area contributed by atoms with E-state index >= 15 is 0 Å². The molecule has 2 aromatic carbocycles. The maximum Gasteiger partial charge on any atom is 0.200 e. The van der Waals surface area contributed by atoms with Crippen molar-refractivity contribution < 1.29 is 9.15 Å². The van der Waals surface area contributed by atoms with Gasteiger partial charge in [0.15, 0.2) is 0 Å². The molecular weight excluding hydrogens is 290 g/mol. The molecule has 0 bridgehead atoms. The van der Waals surface area contributed by atoms with Crippen LogP contribution in [0.15, 0.2) is 57.9 Å². The Balaban J connectivity index is 2.17. The second kappa shape index (κ2) is 5.98. The summed E-state index contributed by atoms with van der Waals surface area (Å²) in [5.74, 6) is 0.654. The molecule has 4 heteroatoms. The van der Waals surface area contributed by atoms with Crippen molar-refractivity contribution in [1.82, 2.24) is 0 Å². The lowest BCUT2D eigenvalue weighted by atomic mass is 10.0. The lowest BCUT2D eigenvalue weighted by Gasteiger charge is -2.10. The average molecular weight is 305 g/mol. The third kappa shape index (κ3) is 2.82. The fraction of sp³-hybridized carbons (Fsp3) is 0.158. The largest absolute Gasteiger partial charge is 0.491 e. The molecule has 0 spiro atoms. The van der Waals surface area contributed by atoms with Gasteiger partial charge in [-0.3, -0.25) is 4.79 Å². The highest BCUT2D eigenvalue weighted by Gasteiger charge is 2.13. The monoisotopic (exact) mass is 305 g/mol. The van der Waals surface area contributed by atoms with Gasteiger partial charge in [-0.1, -0.05) is 18.2 Å². The van der Waals surface area contributed by atoms with Crippen molar-refractivity contribution in [2.75, 3.05) is 0 Å². The van der Waals surface area contributed by atoms with Gasteiger partial charge in [-0.05, 0) is 32.0 Å². The lowest BCUT2D eigenvalue weighted by molar-refractivity contribution is 0.242. The van der Waals surface area contributed by atoms with Crippen LogP contribution in [-0.2, 0) is 0 Å². The molecule has 0 aliphatic rings. The maximum absolute atomic E-state index is 12.7. The Morgan fingerprint density at radius 2 is 1.91 bits per heavy atom. The average Bonchev–Trinajstić information content (AvgIpc) is 2.54. The van der Waals surface area contributed by atoms with Crippen molar-refractivity contribution >= 4 is 11.0 Å². The van der Waals surface area contributed by atoms with Gasteiger partial charge in [0, 0.05) is 11.6 Å². The van der Waals surface area contributed by atoms with E-state index in [1.807, 2.05) is 13.8 Å². The van der Waals surface area contributed by atoms with Gasteiger partial charge in [-0.25, -0.2) is 0 Å². The van der Waals surface area contributed by atoms with Crippen LogP contribution in [0.3, 0.4) is 0 Å². The Kier molecular flexibility index (Phi) is 3.86. The SMILES string of the molecule is CC(C)Oc1ccc2c(=O)c(-c3ccccc3C#N)coc2c1. The summed E-state index contributed by atoms with van der Waals surface area (Å²) in [5, 5.41) is 9.67. The number of benzene rings is 2. The van der Waals surface area contributed by atoms with E-state index in [1.165, 1.54) is 6.26 Å². The predicted octanol–water partition coefficient (Wildman–Crippen LogP) is 4.12. The summed E-state index contributed by atoms with van der Waals surface area (Å²) in [6.45, 7) is 3.87. The van der Waals surface area contributed by atoms with E-state index in [0.29, 0.717) is 33.4 Å². The summed E-state index contributed by atoms with van der Waals surface area (Å²) in [5.41, 5.74) is 1.70. The van der Waals surface area contributed by atoms with Gasteiger partial charge in [-0.2, -0.15) is 5.26 Å². The minimum Gasteiger partial charge on any atom is -0.491 e. The van der Waals surface area contributed by atoms with Crippen LogP contribution in [0.4, 0.5) is 0 Å². The Morgan fingerprint density at radius 3 is 2.65 bits per heavy atom. The van der Waals surface area contributed by atoms with Gasteiger partial charge in [0.25, 0.3) is 0 Å². The molecule has 1 heterocycles. The minimum atomic E-state index is -0.162. The zero-order chi connectivity index (χ0) is 16.4. The molecular formula is C19H15NO3. The molecule has 0 aliphatic carbocycles. The number of nitrogens with zero attached hydrogens (tertiary/aromatic N) is 1. The van der Waals surface area contributed by atoms with Gasteiger partial charge in [0.05, 0.1) is 28.7 Å². The second-order valence-corrected chi connectivity index (χ2v) is 5.46. The first kappa shape index (κ1) is 14.9. The Labute approximate surface area is 133 Å². The van der Waals surface area contributed by atoms with E-state index in [1.54, 1.807) is 42.5 Å². The van der Waals surface area contributed by atoms with Crippen LogP contribution < -0.4 is 10.2 Å². The summed E-state index contributed by atoms with van der Waals surface area (Å²) < 4.78 is 11.2. The lowest BCUT2D eigenvalue weighted by Crippen LogP contribution is -2.07. The van der Waals surface area contributed by atoms with Gasteiger partial charge >= 0.3 is 0 Å². The Hall–Kier alpha value is -3.06. The molecule has 0 amide bonds. The second-order valence-electron chi connectivity index (χ2n) is 5.46. The first-order valence-corrected chi connectivity index (χ1v) is 7.32. The molecule has 3 aromatic rings. The topological polar surface area (TPSA) is 63.2 Å². The van der Waals surface area contributed by atoms with Gasteiger partial charge in [0.2, 0.25) is 5.43 Å². The highest BCUT2D eigenvalue weighted by Crippen LogP contribution is 2.25. The first-order valence-electron chi connectivity index (χ1n) is 7.32. The molecule has 1 aromatic heterocycles. The van der Waals surface area contributed by atoms with Crippen molar-refractivity contribution in [3.8, 4) is 22.9 Å². The number of hydrogen-bond acceptors (Lipinski definition) is 4. The summed E-state index contributed by atoms with van der Waals surface area (Å²) in [4.78, 5) is 12.7. The summed E-state index contributed by atoms with van der Waals surface area (Å²) in [6.07, 6.45) is 1.45. The Bertz CT molecular complexity index is 964. The highest BCUT2D eigenvalue weighted by atomic mass is 16.5. The van der Waals surface area contributed by atoms with E-state index in [9.17, 15) is 10.1 Å². The molecule has 114 valence electrons. The fourth-order valence-electron chi connectivity index (χ4n) is 2.46. The Morgan fingerprint density at radius 1 is 1.13 bits per heavy atom. The molecule has 0 saturated heterocycles. The normalized spacial score (nSPS) is 10.7. The van der Waals surface area contributed by atoms with Crippen molar-refractivity contribution in [3.63, 3.8) is 0 Å². The maximum atomic E-state index is 12.7. The summed E-state index contributed by atoms with van der Waals surface area (Å²) in [6, 6.07) is 14.2. The van der Waals surface area contributed by atoms with E-state index in [-0.39, 0.29) is 11.5 Å². The molecule has 0 saturated carbocycles. The molecule has 0 fully saturated rings. The molecule has 0 aliphatic heterocycles. The van der Waals surface area contributed by atoms with Gasteiger partial charge in [0.1, 0.15) is 17.6 Å². The van der Waals surface area contributed by atoms with E-state index in [2.05, 4.69) is 6.07 Å². The third-order valence-corrected chi connectivity index (χ3v) is 3.46. The number of rotatable bonds is 3. The molecule has 0 unspecified atom stereocenters.